The van der Waals surface area contributed by atoms with Crippen molar-refractivity contribution in [3.63, 3.8) is 0 Å². The third-order valence-corrected chi connectivity index (χ3v) is 3.69. The molecular weight excluding hydrogens is 271 g/mol. The molecule has 0 bridgehead atoms. The van der Waals surface area contributed by atoms with Crippen LogP contribution < -0.4 is 0 Å². The van der Waals surface area contributed by atoms with Crippen molar-refractivity contribution >= 4 is 29.3 Å². The Morgan fingerprint density at radius 2 is 1.10 bits per heavy atom. The van der Waals surface area contributed by atoms with Gasteiger partial charge in [-0.15, -0.1) is 0 Å². The molecule has 6 heteroatoms. The van der Waals surface area contributed by atoms with E-state index in [2.05, 4.69) is 11.1 Å². The normalized spacial score (nSPS) is 11.3. The van der Waals surface area contributed by atoms with Crippen molar-refractivity contribution in [2.24, 2.45) is 0 Å². The van der Waals surface area contributed by atoms with Gasteiger partial charge in [0.2, 0.25) is 0 Å². The minimum absolute atomic E-state index is 0. The van der Waals surface area contributed by atoms with Crippen LogP contribution in [0, 0.1) is 0 Å². The molecule has 1 N–H and O–H groups in total. The van der Waals surface area contributed by atoms with Crippen molar-refractivity contribution in [1.29, 1.82) is 0 Å². The summed E-state index contributed by atoms with van der Waals surface area (Å²) >= 11 is 0. The molecular formula is C14H31LiO4S. The van der Waals surface area contributed by atoms with Crippen molar-refractivity contribution in [2.75, 3.05) is 6.61 Å². The molecule has 0 aromatic carbocycles. The molecule has 0 unspecified atom stereocenters. The zero-order valence-electron chi connectivity index (χ0n) is 12.3. The molecule has 0 aromatic heterocycles. The average molecular weight is 302 g/mol. The van der Waals surface area contributed by atoms with E-state index < -0.39 is 10.4 Å². The van der Waals surface area contributed by atoms with Gasteiger partial charge in [0.1, 0.15) is 0 Å². The number of rotatable bonds is 14. The standard InChI is InChI=1S/C14H30O4S.Li.H/c1-2-3-4-5-6-7-8-9-10-11-12-13-14-18-19(15,16)17;;/h2-14H2,1H3,(H,15,16,17);;. The van der Waals surface area contributed by atoms with E-state index in [0.29, 0.717) is 6.42 Å². The van der Waals surface area contributed by atoms with E-state index >= 15 is 0 Å². The van der Waals surface area contributed by atoms with Crippen molar-refractivity contribution < 1.29 is 17.2 Å². The molecule has 0 heterocycles. The molecule has 118 valence electrons. The van der Waals surface area contributed by atoms with Crippen LogP contribution in [0.3, 0.4) is 0 Å². The first kappa shape index (κ1) is 22.7. The van der Waals surface area contributed by atoms with Crippen LogP contribution >= 0.6 is 0 Å². The van der Waals surface area contributed by atoms with Crippen LogP contribution in [-0.2, 0) is 14.6 Å². The molecule has 0 saturated heterocycles. The SMILES string of the molecule is CCCCCCCCCCCCCCOS(=O)(=O)O.[LiH]. The number of unbranched alkanes of at least 4 members (excludes halogenated alkanes) is 11. The summed E-state index contributed by atoms with van der Waals surface area (Å²) in [5, 5.41) is 0. The Kier molecular flexibility index (Phi) is 18.0. The molecule has 0 spiro atoms. The van der Waals surface area contributed by atoms with Crippen LogP contribution in [0.5, 0.6) is 0 Å². The van der Waals surface area contributed by atoms with Gasteiger partial charge >= 0.3 is 29.3 Å². The zero-order valence-corrected chi connectivity index (χ0v) is 13.1. The van der Waals surface area contributed by atoms with Gasteiger partial charge in [0.25, 0.3) is 0 Å². The van der Waals surface area contributed by atoms with Crippen molar-refractivity contribution in [1.82, 2.24) is 0 Å². The van der Waals surface area contributed by atoms with Gasteiger partial charge in [-0.05, 0) is 6.42 Å². The maximum absolute atomic E-state index is 10.3. The second kappa shape index (κ2) is 15.8. The summed E-state index contributed by atoms with van der Waals surface area (Å²) in [6, 6.07) is 0. The molecule has 0 atom stereocenters. The predicted octanol–water partition coefficient (Wildman–Crippen LogP) is 3.86. The van der Waals surface area contributed by atoms with E-state index in [-0.39, 0.29) is 25.5 Å². The molecule has 0 radical (unpaired) electrons. The summed E-state index contributed by atoms with van der Waals surface area (Å²) in [6.45, 7) is 2.33. The molecule has 20 heavy (non-hydrogen) atoms. The molecule has 4 nitrogen and oxygen atoms in total. The molecule has 0 aromatic rings. The van der Waals surface area contributed by atoms with E-state index in [4.69, 9.17) is 4.55 Å². The molecule has 0 saturated carbocycles. The summed E-state index contributed by atoms with van der Waals surface area (Å²) in [4.78, 5) is 0. The van der Waals surface area contributed by atoms with Crippen LogP contribution in [0.1, 0.15) is 84.0 Å². The monoisotopic (exact) mass is 302 g/mol. The van der Waals surface area contributed by atoms with Gasteiger partial charge in [0, 0.05) is 0 Å². The predicted molar refractivity (Wildman–Crippen MR) is 85.7 cm³/mol. The minimum atomic E-state index is -4.24. The van der Waals surface area contributed by atoms with Gasteiger partial charge in [-0.2, -0.15) is 8.42 Å². The summed E-state index contributed by atoms with van der Waals surface area (Å²) in [5.41, 5.74) is 0. The second-order valence-electron chi connectivity index (χ2n) is 5.14. The second-order valence-corrected chi connectivity index (χ2v) is 6.23. The average Bonchev–Trinajstić information content (AvgIpc) is 2.34. The van der Waals surface area contributed by atoms with E-state index in [9.17, 15) is 8.42 Å². The third-order valence-electron chi connectivity index (χ3n) is 3.23. The van der Waals surface area contributed by atoms with E-state index in [1.165, 1.54) is 57.8 Å². The van der Waals surface area contributed by atoms with Crippen LogP contribution in [-0.4, -0.2) is 38.4 Å². The Balaban J connectivity index is 0. The first-order chi connectivity index (χ1) is 9.06. The fraction of sp³-hybridized carbons (Fsp3) is 1.00. The topological polar surface area (TPSA) is 63.6 Å². The van der Waals surface area contributed by atoms with Crippen molar-refractivity contribution in [3.05, 3.63) is 0 Å². The molecule has 0 fully saturated rings. The Labute approximate surface area is 137 Å². The van der Waals surface area contributed by atoms with Gasteiger partial charge in [-0.3, -0.25) is 4.55 Å². The molecule has 0 rings (SSSR count). The third kappa shape index (κ3) is 20.8. The summed E-state index contributed by atoms with van der Waals surface area (Å²) in [5.74, 6) is 0. The zero-order chi connectivity index (χ0) is 14.4. The fourth-order valence-electron chi connectivity index (χ4n) is 2.11. The first-order valence-corrected chi connectivity index (χ1v) is 9.04. The van der Waals surface area contributed by atoms with Gasteiger partial charge in [-0.25, -0.2) is 4.18 Å². The molecule has 0 aliphatic carbocycles. The first-order valence-electron chi connectivity index (χ1n) is 7.68. The summed E-state index contributed by atoms with van der Waals surface area (Å²) in [7, 11) is -4.24. The Morgan fingerprint density at radius 3 is 1.45 bits per heavy atom. The number of hydrogen-bond donors (Lipinski definition) is 1. The van der Waals surface area contributed by atoms with Crippen LogP contribution in [0.2, 0.25) is 0 Å². The van der Waals surface area contributed by atoms with Crippen LogP contribution in [0.15, 0.2) is 0 Å². The Hall–Kier alpha value is 0.467. The molecule has 0 amide bonds. The summed E-state index contributed by atoms with van der Waals surface area (Å²) < 4.78 is 33.1. The van der Waals surface area contributed by atoms with E-state index in [0.717, 1.165) is 12.8 Å². The Bertz CT molecular complexity index is 281. The van der Waals surface area contributed by atoms with Gasteiger partial charge in [-0.1, -0.05) is 77.6 Å². The fourth-order valence-corrected chi connectivity index (χ4v) is 2.44. The molecule has 0 aliphatic heterocycles. The van der Waals surface area contributed by atoms with Gasteiger partial charge in [0.15, 0.2) is 0 Å². The van der Waals surface area contributed by atoms with E-state index in [1.54, 1.807) is 0 Å². The summed E-state index contributed by atoms with van der Waals surface area (Å²) in [6.07, 6.45) is 14.7. The molecule has 0 aliphatic rings. The van der Waals surface area contributed by atoms with Crippen molar-refractivity contribution in [3.8, 4) is 0 Å². The van der Waals surface area contributed by atoms with Crippen molar-refractivity contribution in [2.45, 2.75) is 84.0 Å². The van der Waals surface area contributed by atoms with Gasteiger partial charge < -0.3 is 0 Å². The maximum atomic E-state index is 10.3. The van der Waals surface area contributed by atoms with Crippen LogP contribution in [0.4, 0.5) is 0 Å². The van der Waals surface area contributed by atoms with Crippen LogP contribution in [0.25, 0.3) is 0 Å². The van der Waals surface area contributed by atoms with E-state index in [1.807, 2.05) is 0 Å². The quantitative estimate of drug-likeness (QED) is 0.301. The number of hydrogen-bond acceptors (Lipinski definition) is 3. The van der Waals surface area contributed by atoms with Gasteiger partial charge in [0.05, 0.1) is 6.61 Å². The Morgan fingerprint density at radius 1 is 0.750 bits per heavy atom.